The predicted molar refractivity (Wildman–Crippen MR) is 129 cm³/mol. The number of imidazole rings is 1. The highest BCUT2D eigenvalue weighted by molar-refractivity contribution is 5.96. The number of aromatic nitrogens is 4. The SMILES string of the molecule is Cc1ccn2c(CN3CCN(C(=O)c4c(C)nn(-c5ccc(F)cc5)c4C)CC3)c(C)nc2c1. The van der Waals surface area contributed by atoms with E-state index in [4.69, 9.17) is 4.98 Å². The second-order valence-corrected chi connectivity index (χ2v) is 9.08. The van der Waals surface area contributed by atoms with Crippen LogP contribution < -0.4 is 0 Å². The summed E-state index contributed by atoms with van der Waals surface area (Å²) in [6, 6.07) is 10.4. The topological polar surface area (TPSA) is 58.7 Å². The van der Waals surface area contributed by atoms with Crippen LogP contribution in [0.15, 0.2) is 42.6 Å². The normalized spacial score (nSPS) is 14.8. The molecule has 4 heterocycles. The molecule has 0 spiro atoms. The van der Waals surface area contributed by atoms with Gasteiger partial charge in [0.1, 0.15) is 11.5 Å². The Hall–Kier alpha value is -3.52. The first-order valence-electron chi connectivity index (χ1n) is 11.6. The van der Waals surface area contributed by atoms with Gasteiger partial charge < -0.3 is 9.30 Å². The molecule has 0 N–H and O–H groups in total. The van der Waals surface area contributed by atoms with Gasteiger partial charge in [-0.1, -0.05) is 0 Å². The Labute approximate surface area is 198 Å². The van der Waals surface area contributed by atoms with Crippen LogP contribution in [-0.4, -0.2) is 61.1 Å². The van der Waals surface area contributed by atoms with Gasteiger partial charge in [-0.3, -0.25) is 9.69 Å². The number of piperazine rings is 1. The molecule has 0 bridgehead atoms. The predicted octanol–water partition coefficient (Wildman–Crippen LogP) is 3.85. The molecule has 8 heteroatoms. The molecule has 0 radical (unpaired) electrons. The van der Waals surface area contributed by atoms with Gasteiger partial charge in [0.05, 0.1) is 34.0 Å². The standard InChI is InChI=1S/C26H29FN6O/c1-17-9-10-32-23(18(2)28-24(32)15-17)16-30-11-13-31(14-12-30)26(34)25-19(3)29-33(20(25)4)22-7-5-21(27)6-8-22/h5-10,15H,11-14,16H2,1-4H3. The van der Waals surface area contributed by atoms with E-state index in [1.54, 1.807) is 16.8 Å². The minimum atomic E-state index is -0.298. The molecule has 7 nitrogen and oxygen atoms in total. The summed E-state index contributed by atoms with van der Waals surface area (Å²) in [4.78, 5) is 22.4. The number of hydrogen-bond acceptors (Lipinski definition) is 4. The number of hydrogen-bond donors (Lipinski definition) is 0. The third-order valence-corrected chi connectivity index (χ3v) is 6.69. The second-order valence-electron chi connectivity index (χ2n) is 9.08. The zero-order chi connectivity index (χ0) is 24.0. The van der Waals surface area contributed by atoms with E-state index >= 15 is 0 Å². The van der Waals surface area contributed by atoms with E-state index in [9.17, 15) is 9.18 Å². The zero-order valence-corrected chi connectivity index (χ0v) is 20.0. The number of amides is 1. The van der Waals surface area contributed by atoms with Gasteiger partial charge in [-0.25, -0.2) is 14.1 Å². The molecule has 0 aliphatic carbocycles. The van der Waals surface area contributed by atoms with Gasteiger partial charge in [-0.2, -0.15) is 5.10 Å². The van der Waals surface area contributed by atoms with E-state index in [2.05, 4.69) is 46.6 Å². The fourth-order valence-electron chi connectivity index (χ4n) is 4.77. The maximum absolute atomic E-state index is 13.4. The van der Waals surface area contributed by atoms with Gasteiger partial charge in [0.15, 0.2) is 0 Å². The zero-order valence-electron chi connectivity index (χ0n) is 20.0. The van der Waals surface area contributed by atoms with Gasteiger partial charge in [0.2, 0.25) is 0 Å². The number of halogens is 1. The van der Waals surface area contributed by atoms with E-state index in [-0.39, 0.29) is 11.7 Å². The molecule has 1 amide bonds. The molecule has 1 aliphatic rings. The van der Waals surface area contributed by atoms with E-state index in [0.29, 0.717) is 24.3 Å². The summed E-state index contributed by atoms with van der Waals surface area (Å²) in [5.41, 5.74) is 7.25. The summed E-state index contributed by atoms with van der Waals surface area (Å²) in [5, 5.41) is 4.56. The maximum atomic E-state index is 13.4. The van der Waals surface area contributed by atoms with Crippen LogP contribution in [0.4, 0.5) is 4.39 Å². The van der Waals surface area contributed by atoms with Crippen molar-refractivity contribution >= 4 is 11.6 Å². The van der Waals surface area contributed by atoms with Crippen molar-refractivity contribution in [1.82, 2.24) is 29.0 Å². The van der Waals surface area contributed by atoms with E-state index in [1.165, 1.54) is 23.4 Å². The van der Waals surface area contributed by atoms with Gasteiger partial charge in [0.25, 0.3) is 5.91 Å². The maximum Gasteiger partial charge on any atom is 0.257 e. The van der Waals surface area contributed by atoms with Gasteiger partial charge >= 0.3 is 0 Å². The summed E-state index contributed by atoms with van der Waals surface area (Å²) in [7, 11) is 0. The highest BCUT2D eigenvalue weighted by Crippen LogP contribution is 2.22. The van der Waals surface area contributed by atoms with Crippen LogP contribution in [-0.2, 0) is 6.54 Å². The van der Waals surface area contributed by atoms with Crippen molar-refractivity contribution in [2.24, 2.45) is 0 Å². The molecule has 5 rings (SSSR count). The molecule has 4 aromatic rings. The van der Waals surface area contributed by atoms with Crippen molar-refractivity contribution < 1.29 is 9.18 Å². The molecule has 3 aromatic heterocycles. The number of aryl methyl sites for hydroxylation is 3. The van der Waals surface area contributed by atoms with Crippen LogP contribution in [0.25, 0.3) is 11.3 Å². The highest BCUT2D eigenvalue weighted by atomic mass is 19.1. The van der Waals surface area contributed by atoms with Crippen LogP contribution in [0.2, 0.25) is 0 Å². The first kappa shape index (κ1) is 22.3. The lowest BCUT2D eigenvalue weighted by Gasteiger charge is -2.34. The molecule has 0 unspecified atom stereocenters. The van der Waals surface area contributed by atoms with Crippen LogP contribution >= 0.6 is 0 Å². The molecule has 1 fully saturated rings. The minimum Gasteiger partial charge on any atom is -0.336 e. The van der Waals surface area contributed by atoms with Crippen LogP contribution in [0.1, 0.15) is 38.7 Å². The highest BCUT2D eigenvalue weighted by Gasteiger charge is 2.28. The Morgan fingerprint density at radius 1 is 0.971 bits per heavy atom. The molecule has 1 saturated heterocycles. The number of rotatable bonds is 4. The molecule has 0 saturated carbocycles. The molecule has 0 atom stereocenters. The van der Waals surface area contributed by atoms with Crippen LogP contribution in [0.3, 0.4) is 0 Å². The Balaban J connectivity index is 1.29. The van der Waals surface area contributed by atoms with E-state index in [0.717, 1.165) is 42.4 Å². The third kappa shape index (κ3) is 3.98. The summed E-state index contributed by atoms with van der Waals surface area (Å²) in [5.74, 6) is -0.293. The second kappa shape index (κ2) is 8.68. The summed E-state index contributed by atoms with van der Waals surface area (Å²) in [6.45, 7) is 11.6. The van der Waals surface area contributed by atoms with Crippen LogP contribution in [0, 0.1) is 33.5 Å². The van der Waals surface area contributed by atoms with Crippen molar-refractivity contribution in [3.63, 3.8) is 0 Å². The molecule has 34 heavy (non-hydrogen) atoms. The number of carbonyl (C=O) groups excluding carboxylic acids is 1. The molecule has 176 valence electrons. The van der Waals surface area contributed by atoms with Gasteiger partial charge in [-0.05, 0) is 69.7 Å². The Kier molecular flexibility index (Phi) is 5.69. The fourth-order valence-corrected chi connectivity index (χ4v) is 4.77. The molecular formula is C26H29FN6O. The first-order chi connectivity index (χ1) is 16.3. The quantitative estimate of drug-likeness (QED) is 0.464. The van der Waals surface area contributed by atoms with Gasteiger partial charge in [0, 0.05) is 38.9 Å². The average molecular weight is 461 g/mol. The third-order valence-electron chi connectivity index (χ3n) is 6.69. The van der Waals surface area contributed by atoms with Crippen molar-refractivity contribution in [2.45, 2.75) is 34.2 Å². The summed E-state index contributed by atoms with van der Waals surface area (Å²) in [6.07, 6.45) is 2.09. The number of benzene rings is 1. The number of pyridine rings is 1. The fraction of sp³-hybridized carbons (Fsp3) is 0.346. The van der Waals surface area contributed by atoms with Gasteiger partial charge in [-0.15, -0.1) is 0 Å². The Bertz CT molecular complexity index is 1360. The number of nitrogens with zero attached hydrogens (tertiary/aromatic N) is 6. The van der Waals surface area contributed by atoms with Crippen molar-refractivity contribution in [3.05, 3.63) is 82.3 Å². The average Bonchev–Trinajstić information content (AvgIpc) is 3.28. The van der Waals surface area contributed by atoms with E-state index < -0.39 is 0 Å². The van der Waals surface area contributed by atoms with Crippen molar-refractivity contribution in [1.29, 1.82) is 0 Å². The largest absolute Gasteiger partial charge is 0.336 e. The molecule has 1 aromatic carbocycles. The molecular weight excluding hydrogens is 431 g/mol. The summed E-state index contributed by atoms with van der Waals surface area (Å²) < 4.78 is 17.2. The first-order valence-corrected chi connectivity index (χ1v) is 11.6. The minimum absolute atomic E-state index is 0.00414. The lowest BCUT2D eigenvalue weighted by atomic mass is 10.1. The molecule has 1 aliphatic heterocycles. The number of carbonyl (C=O) groups is 1. The Morgan fingerprint density at radius 3 is 2.38 bits per heavy atom. The smallest absolute Gasteiger partial charge is 0.257 e. The Morgan fingerprint density at radius 2 is 1.68 bits per heavy atom. The van der Waals surface area contributed by atoms with Crippen molar-refractivity contribution in [2.75, 3.05) is 26.2 Å². The summed E-state index contributed by atoms with van der Waals surface area (Å²) >= 11 is 0. The van der Waals surface area contributed by atoms with Crippen LogP contribution in [0.5, 0.6) is 0 Å². The monoisotopic (exact) mass is 460 g/mol. The lowest BCUT2D eigenvalue weighted by molar-refractivity contribution is 0.0625. The number of fused-ring (bicyclic) bond motifs is 1. The lowest BCUT2D eigenvalue weighted by Crippen LogP contribution is -2.48. The van der Waals surface area contributed by atoms with Crippen molar-refractivity contribution in [3.8, 4) is 5.69 Å². The van der Waals surface area contributed by atoms with E-state index in [1.807, 2.05) is 18.7 Å².